The minimum Gasteiger partial charge on any atom is -0.326 e. The molecule has 0 fully saturated rings. The molecule has 0 saturated carbocycles. The van der Waals surface area contributed by atoms with Crippen LogP contribution in [0.1, 0.15) is 38.3 Å². The van der Waals surface area contributed by atoms with Crippen LogP contribution in [-0.2, 0) is 9.59 Å². The Bertz CT molecular complexity index is 930. The van der Waals surface area contributed by atoms with Crippen LogP contribution in [-0.4, -0.2) is 23.2 Å². The van der Waals surface area contributed by atoms with E-state index >= 15 is 0 Å². The van der Waals surface area contributed by atoms with E-state index in [1.54, 1.807) is 0 Å². The standard InChI is InChI=1S/C21H23N5O2/c1-13-12-20(28)25-26-21(13)17-6-10-19(11-7-17)24-23-14(2)16-4-8-18(9-5-16)22-15(3)27/h4-11,13,24H,12H2,1-3H3,(H,22,27)(H,25,28)/b23-14+. The molecule has 0 aromatic heterocycles. The van der Waals surface area contributed by atoms with Crippen LogP contribution in [0.2, 0.25) is 0 Å². The number of rotatable bonds is 5. The van der Waals surface area contributed by atoms with Gasteiger partial charge in [-0.2, -0.15) is 10.2 Å². The van der Waals surface area contributed by atoms with Gasteiger partial charge in [-0.05, 0) is 42.3 Å². The monoisotopic (exact) mass is 377 g/mol. The molecule has 28 heavy (non-hydrogen) atoms. The van der Waals surface area contributed by atoms with Crippen molar-refractivity contribution in [3.8, 4) is 0 Å². The lowest BCUT2D eigenvalue weighted by Crippen LogP contribution is -2.31. The first-order valence-corrected chi connectivity index (χ1v) is 9.07. The second-order valence-electron chi connectivity index (χ2n) is 6.78. The molecule has 0 bridgehead atoms. The fourth-order valence-corrected chi connectivity index (χ4v) is 2.93. The van der Waals surface area contributed by atoms with Crippen LogP contribution in [0.5, 0.6) is 0 Å². The Labute approximate surface area is 163 Å². The molecule has 1 aliphatic heterocycles. The summed E-state index contributed by atoms with van der Waals surface area (Å²) in [7, 11) is 0. The van der Waals surface area contributed by atoms with Crippen molar-refractivity contribution in [2.75, 3.05) is 10.7 Å². The number of carbonyl (C=O) groups is 2. The van der Waals surface area contributed by atoms with Crippen LogP contribution < -0.4 is 16.2 Å². The second-order valence-corrected chi connectivity index (χ2v) is 6.78. The molecule has 2 aromatic rings. The maximum absolute atomic E-state index is 11.4. The van der Waals surface area contributed by atoms with E-state index < -0.39 is 0 Å². The number of amides is 2. The first-order valence-electron chi connectivity index (χ1n) is 9.07. The lowest BCUT2D eigenvalue weighted by molar-refractivity contribution is -0.122. The Kier molecular flexibility index (Phi) is 5.84. The van der Waals surface area contributed by atoms with E-state index in [1.165, 1.54) is 6.92 Å². The zero-order valence-electron chi connectivity index (χ0n) is 16.1. The van der Waals surface area contributed by atoms with Gasteiger partial charge in [0.2, 0.25) is 11.8 Å². The maximum atomic E-state index is 11.4. The molecule has 7 heteroatoms. The number of anilines is 2. The SMILES string of the molecule is CC(=O)Nc1ccc(/C(C)=N/Nc2ccc(C3=NNC(=O)CC3C)cc2)cc1. The number of carbonyl (C=O) groups excluding carboxylic acids is 2. The quantitative estimate of drug-likeness (QED) is 0.551. The number of hydrogen-bond donors (Lipinski definition) is 3. The summed E-state index contributed by atoms with van der Waals surface area (Å²) in [5.41, 5.74) is 10.8. The van der Waals surface area contributed by atoms with E-state index in [1.807, 2.05) is 62.4 Å². The molecule has 1 aliphatic rings. The van der Waals surface area contributed by atoms with Crippen molar-refractivity contribution in [2.24, 2.45) is 16.1 Å². The predicted octanol–water partition coefficient (Wildman–Crippen LogP) is 3.34. The summed E-state index contributed by atoms with van der Waals surface area (Å²) in [5.74, 6) is -0.0584. The topological polar surface area (TPSA) is 94.9 Å². The summed E-state index contributed by atoms with van der Waals surface area (Å²) in [4.78, 5) is 22.5. The van der Waals surface area contributed by atoms with Crippen LogP contribution in [0.4, 0.5) is 11.4 Å². The summed E-state index contributed by atoms with van der Waals surface area (Å²) in [5, 5.41) is 11.3. The highest BCUT2D eigenvalue weighted by Crippen LogP contribution is 2.18. The molecule has 0 spiro atoms. The van der Waals surface area contributed by atoms with Crippen molar-refractivity contribution < 1.29 is 9.59 Å². The fraction of sp³-hybridized carbons (Fsp3) is 0.238. The van der Waals surface area contributed by atoms with E-state index in [4.69, 9.17) is 0 Å². The third kappa shape index (κ3) is 4.82. The zero-order valence-corrected chi connectivity index (χ0v) is 16.1. The Morgan fingerprint density at radius 1 is 1.07 bits per heavy atom. The van der Waals surface area contributed by atoms with Crippen molar-refractivity contribution in [1.29, 1.82) is 0 Å². The van der Waals surface area contributed by atoms with E-state index in [0.29, 0.717) is 6.42 Å². The van der Waals surface area contributed by atoms with Gasteiger partial charge in [0.25, 0.3) is 0 Å². The highest BCUT2D eigenvalue weighted by Gasteiger charge is 2.21. The van der Waals surface area contributed by atoms with Crippen LogP contribution in [0.3, 0.4) is 0 Å². The van der Waals surface area contributed by atoms with Crippen LogP contribution >= 0.6 is 0 Å². The maximum Gasteiger partial charge on any atom is 0.240 e. The molecule has 2 aromatic carbocycles. The number of hydrogen-bond acceptors (Lipinski definition) is 5. The van der Waals surface area contributed by atoms with Crippen LogP contribution in [0.15, 0.2) is 58.7 Å². The lowest BCUT2D eigenvalue weighted by Gasteiger charge is -2.19. The largest absolute Gasteiger partial charge is 0.326 e. The molecule has 1 heterocycles. The third-order valence-electron chi connectivity index (χ3n) is 4.42. The molecule has 3 N–H and O–H groups in total. The summed E-state index contributed by atoms with van der Waals surface area (Å²) in [6.45, 7) is 5.39. The molecular formula is C21H23N5O2. The minimum atomic E-state index is -0.0979. The summed E-state index contributed by atoms with van der Waals surface area (Å²) in [6.07, 6.45) is 0.447. The summed E-state index contributed by atoms with van der Waals surface area (Å²) in [6, 6.07) is 15.3. The summed E-state index contributed by atoms with van der Waals surface area (Å²) < 4.78 is 0. The number of benzene rings is 2. The zero-order chi connectivity index (χ0) is 20.1. The van der Waals surface area contributed by atoms with Crippen LogP contribution in [0.25, 0.3) is 0 Å². The molecule has 7 nitrogen and oxygen atoms in total. The molecule has 2 amide bonds. The average molecular weight is 377 g/mol. The summed E-state index contributed by atoms with van der Waals surface area (Å²) >= 11 is 0. The Balaban J connectivity index is 1.65. The van der Waals surface area contributed by atoms with Gasteiger partial charge < -0.3 is 5.32 Å². The van der Waals surface area contributed by atoms with E-state index in [2.05, 4.69) is 26.4 Å². The average Bonchev–Trinajstić information content (AvgIpc) is 2.67. The molecule has 0 saturated heterocycles. The van der Waals surface area contributed by atoms with E-state index in [9.17, 15) is 9.59 Å². The molecule has 0 aliphatic carbocycles. The number of hydrazone groups is 2. The smallest absolute Gasteiger partial charge is 0.240 e. The molecular weight excluding hydrogens is 354 g/mol. The van der Waals surface area contributed by atoms with Crippen molar-refractivity contribution in [2.45, 2.75) is 27.2 Å². The van der Waals surface area contributed by atoms with Crippen molar-refractivity contribution in [3.63, 3.8) is 0 Å². The van der Waals surface area contributed by atoms with E-state index in [0.717, 1.165) is 33.9 Å². The minimum absolute atomic E-state index is 0.0514. The van der Waals surface area contributed by atoms with Gasteiger partial charge in [0.05, 0.1) is 17.1 Å². The van der Waals surface area contributed by atoms with Gasteiger partial charge in [0.15, 0.2) is 0 Å². The van der Waals surface area contributed by atoms with Gasteiger partial charge in [0.1, 0.15) is 0 Å². The molecule has 0 radical (unpaired) electrons. The van der Waals surface area contributed by atoms with Gasteiger partial charge in [-0.3, -0.25) is 15.0 Å². The third-order valence-corrected chi connectivity index (χ3v) is 4.42. The Hall–Kier alpha value is -3.48. The molecule has 1 unspecified atom stereocenters. The predicted molar refractivity (Wildman–Crippen MR) is 111 cm³/mol. The first-order chi connectivity index (χ1) is 13.4. The normalized spacial score (nSPS) is 16.8. The Morgan fingerprint density at radius 2 is 1.71 bits per heavy atom. The van der Waals surface area contributed by atoms with Crippen molar-refractivity contribution in [3.05, 3.63) is 59.7 Å². The van der Waals surface area contributed by atoms with E-state index in [-0.39, 0.29) is 17.7 Å². The van der Waals surface area contributed by atoms with Crippen molar-refractivity contribution >= 4 is 34.6 Å². The second kappa shape index (κ2) is 8.47. The van der Waals surface area contributed by atoms with Gasteiger partial charge in [0, 0.05) is 24.9 Å². The van der Waals surface area contributed by atoms with Gasteiger partial charge in [-0.1, -0.05) is 31.2 Å². The van der Waals surface area contributed by atoms with Gasteiger partial charge >= 0.3 is 0 Å². The Morgan fingerprint density at radius 3 is 2.32 bits per heavy atom. The highest BCUT2D eigenvalue weighted by molar-refractivity contribution is 6.06. The highest BCUT2D eigenvalue weighted by atomic mass is 16.2. The van der Waals surface area contributed by atoms with Gasteiger partial charge in [-0.15, -0.1) is 0 Å². The van der Waals surface area contributed by atoms with Gasteiger partial charge in [-0.25, -0.2) is 5.43 Å². The fourth-order valence-electron chi connectivity index (χ4n) is 2.93. The number of nitrogens with one attached hydrogen (secondary N) is 3. The lowest BCUT2D eigenvalue weighted by atomic mass is 9.94. The molecule has 144 valence electrons. The number of nitrogens with zero attached hydrogens (tertiary/aromatic N) is 2. The van der Waals surface area contributed by atoms with Crippen molar-refractivity contribution in [1.82, 2.24) is 5.43 Å². The molecule has 1 atom stereocenters. The first kappa shape index (κ1) is 19.3. The molecule has 3 rings (SSSR count). The van der Waals surface area contributed by atoms with Crippen LogP contribution in [0, 0.1) is 5.92 Å².